The second-order valence-electron chi connectivity index (χ2n) is 4.88. The largest absolute Gasteiger partial charge is 0.493 e. The third-order valence-electron chi connectivity index (χ3n) is 3.45. The minimum Gasteiger partial charge on any atom is -0.493 e. The molecular weight excluding hydrogens is 330 g/mol. The Morgan fingerprint density at radius 3 is 3.05 bits per heavy atom. The van der Waals surface area contributed by atoms with Crippen LogP contribution in [0.25, 0.3) is 0 Å². The van der Waals surface area contributed by atoms with Crippen molar-refractivity contribution in [3.63, 3.8) is 0 Å². The van der Waals surface area contributed by atoms with Gasteiger partial charge in [-0.1, -0.05) is 22.0 Å². The first-order valence-corrected chi connectivity index (χ1v) is 7.56. The van der Waals surface area contributed by atoms with E-state index in [4.69, 9.17) is 10.00 Å². The molecule has 3 rings (SSSR count). The van der Waals surface area contributed by atoms with Crippen LogP contribution in [0.4, 0.5) is 0 Å². The molecule has 1 aromatic carbocycles. The highest BCUT2D eigenvalue weighted by Gasteiger charge is 2.17. The zero-order valence-electron chi connectivity index (χ0n) is 11.4. The van der Waals surface area contributed by atoms with Gasteiger partial charge in [-0.25, -0.2) is 4.98 Å². The first-order valence-electron chi connectivity index (χ1n) is 6.77. The fourth-order valence-corrected chi connectivity index (χ4v) is 3.04. The molecule has 0 saturated carbocycles. The molecule has 0 radical (unpaired) electrons. The molecule has 5 heteroatoms. The first-order chi connectivity index (χ1) is 10.3. The van der Waals surface area contributed by atoms with Gasteiger partial charge in [0.05, 0.1) is 6.61 Å². The summed E-state index contributed by atoms with van der Waals surface area (Å²) in [4.78, 5) is 4.06. The lowest BCUT2D eigenvalue weighted by Gasteiger charge is -2.10. The van der Waals surface area contributed by atoms with Gasteiger partial charge in [-0.3, -0.25) is 0 Å². The average molecular weight is 344 g/mol. The Morgan fingerprint density at radius 1 is 1.33 bits per heavy atom. The molecule has 4 nitrogen and oxygen atoms in total. The summed E-state index contributed by atoms with van der Waals surface area (Å²) in [6.45, 7) is 2.06. The van der Waals surface area contributed by atoms with E-state index in [0.29, 0.717) is 18.8 Å². The summed E-state index contributed by atoms with van der Waals surface area (Å²) in [6.07, 6.45) is 2.60. The van der Waals surface area contributed by atoms with Crippen molar-refractivity contribution < 1.29 is 4.74 Å². The fourth-order valence-electron chi connectivity index (χ4n) is 2.49. The quantitative estimate of drug-likeness (QED) is 0.927. The first kappa shape index (κ1) is 14.1. The summed E-state index contributed by atoms with van der Waals surface area (Å²) in [5.74, 6) is 0.998. The second-order valence-corrected chi connectivity index (χ2v) is 5.79. The third kappa shape index (κ3) is 3.07. The molecule has 1 aliphatic heterocycles. The standard InChI is InChI=1S/C16H14BrN3O/c17-14-6-11-3-5-21-16(11)13(7-14)10-19-9-12-2-1-4-20-15(12)8-18/h1-2,4,6-7,19H,3,5,9-10H2. The monoisotopic (exact) mass is 343 g/mol. The molecule has 1 aliphatic rings. The summed E-state index contributed by atoms with van der Waals surface area (Å²) < 4.78 is 6.78. The van der Waals surface area contributed by atoms with Crippen LogP contribution in [0.3, 0.4) is 0 Å². The van der Waals surface area contributed by atoms with E-state index in [1.807, 2.05) is 12.1 Å². The lowest BCUT2D eigenvalue weighted by molar-refractivity contribution is 0.352. The smallest absolute Gasteiger partial charge is 0.144 e. The van der Waals surface area contributed by atoms with Crippen LogP contribution in [0.1, 0.15) is 22.4 Å². The number of fused-ring (bicyclic) bond motifs is 1. The Balaban J connectivity index is 1.71. The number of nitriles is 1. The van der Waals surface area contributed by atoms with Gasteiger partial charge in [0.15, 0.2) is 0 Å². The number of nitrogens with one attached hydrogen (secondary N) is 1. The van der Waals surface area contributed by atoms with Crippen molar-refractivity contribution in [1.82, 2.24) is 10.3 Å². The molecule has 106 valence electrons. The van der Waals surface area contributed by atoms with Crippen molar-refractivity contribution in [3.8, 4) is 11.8 Å². The Hall–Kier alpha value is -1.90. The second kappa shape index (κ2) is 6.25. The lowest BCUT2D eigenvalue weighted by atomic mass is 10.1. The molecule has 0 amide bonds. The summed E-state index contributed by atoms with van der Waals surface area (Å²) in [5, 5.41) is 12.4. The molecule has 0 fully saturated rings. The minimum absolute atomic E-state index is 0.473. The average Bonchev–Trinajstić information content (AvgIpc) is 2.96. The number of aromatic nitrogens is 1. The number of hydrogen-bond donors (Lipinski definition) is 1. The zero-order chi connectivity index (χ0) is 14.7. The Bertz CT molecular complexity index is 709. The van der Waals surface area contributed by atoms with Crippen molar-refractivity contribution in [3.05, 3.63) is 57.3 Å². The molecular formula is C16H14BrN3O. The van der Waals surface area contributed by atoms with Crippen molar-refractivity contribution >= 4 is 15.9 Å². The van der Waals surface area contributed by atoms with Gasteiger partial charge >= 0.3 is 0 Å². The third-order valence-corrected chi connectivity index (χ3v) is 3.91. The van der Waals surface area contributed by atoms with E-state index in [2.05, 4.69) is 44.4 Å². The summed E-state index contributed by atoms with van der Waals surface area (Å²) in [6, 6.07) is 10.1. The number of rotatable bonds is 4. The fraction of sp³-hybridized carbons (Fsp3) is 0.250. The van der Waals surface area contributed by atoms with Crippen LogP contribution in [0.15, 0.2) is 34.9 Å². The molecule has 1 aromatic heterocycles. The van der Waals surface area contributed by atoms with Crippen LogP contribution >= 0.6 is 15.9 Å². The van der Waals surface area contributed by atoms with Crippen molar-refractivity contribution in [2.45, 2.75) is 19.5 Å². The Labute approximate surface area is 131 Å². The van der Waals surface area contributed by atoms with E-state index in [0.717, 1.165) is 34.4 Å². The maximum atomic E-state index is 9.03. The Kier molecular flexibility index (Phi) is 4.18. The number of benzene rings is 1. The van der Waals surface area contributed by atoms with Crippen molar-refractivity contribution in [1.29, 1.82) is 5.26 Å². The van der Waals surface area contributed by atoms with Gasteiger partial charge in [-0.15, -0.1) is 0 Å². The molecule has 0 aliphatic carbocycles. The van der Waals surface area contributed by atoms with Crippen molar-refractivity contribution in [2.24, 2.45) is 0 Å². The normalized spacial score (nSPS) is 12.6. The predicted molar refractivity (Wildman–Crippen MR) is 82.8 cm³/mol. The van der Waals surface area contributed by atoms with Gasteiger partial charge in [-0.2, -0.15) is 5.26 Å². The number of pyridine rings is 1. The maximum absolute atomic E-state index is 9.03. The van der Waals surface area contributed by atoms with Crippen LogP contribution in [0.2, 0.25) is 0 Å². The molecule has 0 unspecified atom stereocenters. The van der Waals surface area contributed by atoms with Gasteiger partial charge in [0.25, 0.3) is 0 Å². The van der Waals surface area contributed by atoms with Gasteiger partial charge in [0.1, 0.15) is 17.5 Å². The molecule has 0 spiro atoms. The van der Waals surface area contributed by atoms with Crippen LogP contribution < -0.4 is 10.1 Å². The molecule has 21 heavy (non-hydrogen) atoms. The number of hydrogen-bond acceptors (Lipinski definition) is 4. The summed E-state index contributed by atoms with van der Waals surface area (Å²) in [7, 11) is 0. The highest BCUT2D eigenvalue weighted by atomic mass is 79.9. The molecule has 2 aromatic rings. The van der Waals surface area contributed by atoms with Gasteiger partial charge in [-0.05, 0) is 23.8 Å². The maximum Gasteiger partial charge on any atom is 0.144 e. The predicted octanol–water partition coefficient (Wildman–Crippen LogP) is 2.94. The van der Waals surface area contributed by atoms with Crippen LogP contribution in [-0.4, -0.2) is 11.6 Å². The van der Waals surface area contributed by atoms with Crippen molar-refractivity contribution in [2.75, 3.05) is 6.61 Å². The molecule has 1 N–H and O–H groups in total. The van der Waals surface area contributed by atoms with Gasteiger partial charge in [0, 0.05) is 41.3 Å². The van der Waals surface area contributed by atoms with Crippen LogP contribution in [-0.2, 0) is 19.5 Å². The summed E-state index contributed by atoms with van der Waals surface area (Å²) >= 11 is 3.54. The highest BCUT2D eigenvalue weighted by molar-refractivity contribution is 9.10. The molecule has 0 atom stereocenters. The minimum atomic E-state index is 0.473. The van der Waals surface area contributed by atoms with Gasteiger partial charge in [0.2, 0.25) is 0 Å². The number of nitrogens with zero attached hydrogens (tertiary/aromatic N) is 2. The number of ether oxygens (including phenoxy) is 1. The topological polar surface area (TPSA) is 57.9 Å². The van der Waals surface area contributed by atoms with E-state index < -0.39 is 0 Å². The van der Waals surface area contributed by atoms with E-state index in [-0.39, 0.29) is 0 Å². The molecule has 0 saturated heterocycles. The van der Waals surface area contributed by atoms with Crippen LogP contribution in [0, 0.1) is 11.3 Å². The highest BCUT2D eigenvalue weighted by Crippen LogP contribution is 2.32. The zero-order valence-corrected chi connectivity index (χ0v) is 13.0. The Morgan fingerprint density at radius 2 is 2.19 bits per heavy atom. The molecule has 0 bridgehead atoms. The van der Waals surface area contributed by atoms with E-state index >= 15 is 0 Å². The number of halogens is 1. The van der Waals surface area contributed by atoms with E-state index in [1.165, 1.54) is 5.56 Å². The van der Waals surface area contributed by atoms with Gasteiger partial charge < -0.3 is 10.1 Å². The molecule has 2 heterocycles. The van der Waals surface area contributed by atoms with E-state index in [1.54, 1.807) is 6.20 Å². The van der Waals surface area contributed by atoms with E-state index in [9.17, 15) is 0 Å². The van der Waals surface area contributed by atoms with Crippen LogP contribution in [0.5, 0.6) is 5.75 Å². The summed E-state index contributed by atoms with van der Waals surface area (Å²) in [5.41, 5.74) is 3.77. The SMILES string of the molecule is N#Cc1ncccc1CNCc1cc(Br)cc2c1OCC2. The lowest BCUT2D eigenvalue weighted by Crippen LogP contribution is -2.14.